The molecular formula is C16H31N3O. The van der Waals surface area contributed by atoms with E-state index in [2.05, 4.69) is 18.7 Å². The summed E-state index contributed by atoms with van der Waals surface area (Å²) in [5.41, 5.74) is 11.2. The summed E-state index contributed by atoms with van der Waals surface area (Å²) in [6.07, 6.45) is 8.39. The molecule has 2 fully saturated rings. The lowest BCUT2D eigenvalue weighted by Crippen LogP contribution is -2.61. The number of nitrogens with two attached hydrogens (primary N) is 2. The van der Waals surface area contributed by atoms with Crippen LogP contribution in [0.1, 0.15) is 58.8 Å². The first-order chi connectivity index (χ1) is 9.43. The summed E-state index contributed by atoms with van der Waals surface area (Å²) in [5.74, 6) is 0.677. The monoisotopic (exact) mass is 281 g/mol. The average molecular weight is 281 g/mol. The van der Waals surface area contributed by atoms with Crippen molar-refractivity contribution < 1.29 is 4.79 Å². The lowest BCUT2D eigenvalue weighted by molar-refractivity contribution is -0.125. The Hall–Kier alpha value is -0.610. The van der Waals surface area contributed by atoms with Gasteiger partial charge in [-0.1, -0.05) is 26.7 Å². The van der Waals surface area contributed by atoms with Gasteiger partial charge in [-0.25, -0.2) is 0 Å². The molecule has 0 spiro atoms. The first kappa shape index (κ1) is 15.8. The van der Waals surface area contributed by atoms with Crippen LogP contribution in [0.25, 0.3) is 0 Å². The van der Waals surface area contributed by atoms with E-state index in [1.807, 2.05) is 0 Å². The Morgan fingerprint density at radius 1 is 1.25 bits per heavy atom. The molecule has 2 aliphatic rings. The van der Waals surface area contributed by atoms with E-state index in [0.717, 1.165) is 25.8 Å². The summed E-state index contributed by atoms with van der Waals surface area (Å²) < 4.78 is 0. The number of nitrogens with zero attached hydrogens (tertiary/aromatic N) is 1. The Morgan fingerprint density at radius 2 is 1.85 bits per heavy atom. The van der Waals surface area contributed by atoms with Crippen molar-refractivity contribution in [3.8, 4) is 0 Å². The van der Waals surface area contributed by atoms with Crippen LogP contribution in [0.2, 0.25) is 0 Å². The Labute approximate surface area is 123 Å². The third-order valence-electron chi connectivity index (χ3n) is 5.06. The van der Waals surface area contributed by atoms with Crippen molar-refractivity contribution in [1.82, 2.24) is 4.90 Å². The predicted molar refractivity (Wildman–Crippen MR) is 82.1 cm³/mol. The van der Waals surface area contributed by atoms with Gasteiger partial charge in [0.2, 0.25) is 5.91 Å². The highest BCUT2D eigenvalue weighted by molar-refractivity contribution is 5.85. The van der Waals surface area contributed by atoms with E-state index in [4.69, 9.17) is 11.5 Å². The molecule has 20 heavy (non-hydrogen) atoms. The minimum absolute atomic E-state index is 0.308. The number of rotatable bonds is 8. The summed E-state index contributed by atoms with van der Waals surface area (Å²) >= 11 is 0. The van der Waals surface area contributed by atoms with Crippen LogP contribution in [0.15, 0.2) is 0 Å². The van der Waals surface area contributed by atoms with Gasteiger partial charge < -0.3 is 11.5 Å². The highest BCUT2D eigenvalue weighted by Gasteiger charge is 2.48. The molecule has 1 atom stereocenters. The number of amides is 1. The number of hydrogen-bond donors (Lipinski definition) is 2. The van der Waals surface area contributed by atoms with Gasteiger partial charge in [0.05, 0.1) is 0 Å². The van der Waals surface area contributed by atoms with Gasteiger partial charge in [0.25, 0.3) is 0 Å². The minimum Gasteiger partial charge on any atom is -0.368 e. The Kier molecular flexibility index (Phi) is 5.08. The molecule has 4 heteroatoms. The second-order valence-corrected chi connectivity index (χ2v) is 7.27. The van der Waals surface area contributed by atoms with Crippen LogP contribution in [-0.4, -0.2) is 35.5 Å². The SMILES string of the molecule is CC(C)CCN(CC(N)(C(N)=O)C1CC1)C1CCCC1. The van der Waals surface area contributed by atoms with Crippen molar-refractivity contribution in [3.05, 3.63) is 0 Å². The predicted octanol–water partition coefficient (Wildman–Crippen LogP) is 1.87. The molecule has 0 saturated heterocycles. The summed E-state index contributed by atoms with van der Waals surface area (Å²) in [6, 6.07) is 0.606. The molecule has 0 bridgehead atoms. The summed E-state index contributed by atoms with van der Waals surface area (Å²) in [7, 11) is 0. The van der Waals surface area contributed by atoms with Crippen molar-refractivity contribution in [2.45, 2.75) is 70.4 Å². The fourth-order valence-corrected chi connectivity index (χ4v) is 3.43. The lowest BCUT2D eigenvalue weighted by atomic mass is 9.91. The van der Waals surface area contributed by atoms with Crippen molar-refractivity contribution in [2.24, 2.45) is 23.3 Å². The molecule has 0 aromatic carbocycles. The van der Waals surface area contributed by atoms with Crippen molar-refractivity contribution >= 4 is 5.91 Å². The first-order valence-electron chi connectivity index (χ1n) is 8.26. The maximum absolute atomic E-state index is 11.9. The van der Waals surface area contributed by atoms with Gasteiger partial charge in [0.1, 0.15) is 5.54 Å². The molecule has 4 nitrogen and oxygen atoms in total. The van der Waals surface area contributed by atoms with E-state index >= 15 is 0 Å². The van der Waals surface area contributed by atoms with E-state index in [1.165, 1.54) is 25.7 Å². The Morgan fingerprint density at radius 3 is 2.30 bits per heavy atom. The average Bonchev–Trinajstić information content (AvgIpc) is 3.10. The van der Waals surface area contributed by atoms with Gasteiger partial charge in [0.15, 0.2) is 0 Å². The van der Waals surface area contributed by atoms with Gasteiger partial charge in [-0.3, -0.25) is 9.69 Å². The second kappa shape index (κ2) is 6.44. The topological polar surface area (TPSA) is 72.3 Å². The molecule has 0 aromatic heterocycles. The summed E-state index contributed by atoms with van der Waals surface area (Å²) in [4.78, 5) is 14.3. The number of hydrogen-bond acceptors (Lipinski definition) is 3. The highest BCUT2D eigenvalue weighted by atomic mass is 16.1. The first-order valence-corrected chi connectivity index (χ1v) is 8.26. The smallest absolute Gasteiger partial charge is 0.239 e. The van der Waals surface area contributed by atoms with Crippen LogP contribution < -0.4 is 11.5 Å². The summed E-state index contributed by atoms with van der Waals surface area (Å²) in [5, 5.41) is 0. The molecule has 2 aliphatic carbocycles. The molecule has 1 unspecified atom stereocenters. The molecule has 116 valence electrons. The van der Waals surface area contributed by atoms with Gasteiger partial charge in [-0.05, 0) is 50.5 Å². The molecule has 4 N–H and O–H groups in total. The molecular weight excluding hydrogens is 250 g/mol. The Bertz CT molecular complexity index is 335. The molecule has 0 heterocycles. The zero-order valence-corrected chi connectivity index (χ0v) is 13.1. The van der Waals surface area contributed by atoms with Gasteiger partial charge in [0, 0.05) is 12.6 Å². The standard InChI is InChI=1S/C16H31N3O/c1-12(2)9-10-19(14-5-3-4-6-14)11-16(18,15(17)20)13-7-8-13/h12-14H,3-11,18H2,1-2H3,(H2,17,20). The molecule has 2 saturated carbocycles. The van der Waals surface area contributed by atoms with Crippen molar-refractivity contribution in [3.63, 3.8) is 0 Å². The maximum atomic E-state index is 11.9. The third kappa shape index (κ3) is 3.73. The van der Waals surface area contributed by atoms with Crippen LogP contribution in [0.5, 0.6) is 0 Å². The zero-order valence-electron chi connectivity index (χ0n) is 13.1. The van der Waals surface area contributed by atoms with Crippen LogP contribution in [0, 0.1) is 11.8 Å². The summed E-state index contributed by atoms with van der Waals surface area (Å²) in [6.45, 7) is 6.20. The fourth-order valence-electron chi connectivity index (χ4n) is 3.43. The molecule has 1 amide bonds. The maximum Gasteiger partial charge on any atom is 0.239 e. The van der Waals surface area contributed by atoms with E-state index in [9.17, 15) is 4.79 Å². The molecule has 0 aromatic rings. The fraction of sp³-hybridized carbons (Fsp3) is 0.938. The highest BCUT2D eigenvalue weighted by Crippen LogP contribution is 2.39. The number of carbonyl (C=O) groups excluding carboxylic acids is 1. The van der Waals surface area contributed by atoms with Crippen molar-refractivity contribution in [1.29, 1.82) is 0 Å². The van der Waals surface area contributed by atoms with E-state index in [0.29, 0.717) is 24.4 Å². The van der Waals surface area contributed by atoms with Crippen molar-refractivity contribution in [2.75, 3.05) is 13.1 Å². The largest absolute Gasteiger partial charge is 0.368 e. The van der Waals surface area contributed by atoms with Crippen LogP contribution in [-0.2, 0) is 4.79 Å². The third-order valence-corrected chi connectivity index (χ3v) is 5.06. The number of carbonyl (C=O) groups is 1. The van der Waals surface area contributed by atoms with Crippen LogP contribution in [0.3, 0.4) is 0 Å². The quantitative estimate of drug-likeness (QED) is 0.713. The number of primary amides is 1. The van der Waals surface area contributed by atoms with E-state index < -0.39 is 5.54 Å². The van der Waals surface area contributed by atoms with Gasteiger partial charge in [-0.2, -0.15) is 0 Å². The Balaban J connectivity index is 2.02. The normalized spacial score (nSPS) is 23.4. The zero-order chi connectivity index (χ0) is 14.8. The van der Waals surface area contributed by atoms with Crippen LogP contribution in [0.4, 0.5) is 0 Å². The van der Waals surface area contributed by atoms with Crippen LogP contribution >= 0.6 is 0 Å². The van der Waals surface area contributed by atoms with Gasteiger partial charge in [-0.15, -0.1) is 0 Å². The lowest BCUT2D eigenvalue weighted by Gasteiger charge is -2.37. The van der Waals surface area contributed by atoms with Gasteiger partial charge >= 0.3 is 0 Å². The van der Waals surface area contributed by atoms with E-state index in [-0.39, 0.29) is 5.91 Å². The molecule has 0 radical (unpaired) electrons. The van der Waals surface area contributed by atoms with E-state index in [1.54, 1.807) is 0 Å². The molecule has 0 aliphatic heterocycles. The second-order valence-electron chi connectivity index (χ2n) is 7.27. The molecule has 2 rings (SSSR count). The minimum atomic E-state index is -0.806.